The number of nitrogens with one attached hydrogen (secondary N) is 1. The van der Waals surface area contributed by atoms with Crippen LogP contribution in [0.5, 0.6) is 0 Å². The van der Waals surface area contributed by atoms with Crippen molar-refractivity contribution in [2.75, 3.05) is 0 Å². The maximum Gasteiger partial charge on any atom is 0.301 e. The lowest BCUT2D eigenvalue weighted by Crippen LogP contribution is -2.15. The summed E-state index contributed by atoms with van der Waals surface area (Å²) in [6.07, 6.45) is 8.98. The Hall–Kier alpha value is -3.09. The van der Waals surface area contributed by atoms with Crippen LogP contribution in [0.2, 0.25) is 0 Å². The maximum absolute atomic E-state index is 13.8. The molecule has 0 saturated carbocycles. The van der Waals surface area contributed by atoms with E-state index >= 15 is 0 Å². The van der Waals surface area contributed by atoms with E-state index in [0.29, 0.717) is 6.42 Å². The molecule has 3 aromatic rings. The molecule has 1 N–H and O–H groups in total. The van der Waals surface area contributed by atoms with Crippen molar-refractivity contribution in [3.8, 4) is 0 Å². The number of rotatable bonds is 2. The Bertz CT molecular complexity index is 1160. The second-order valence-corrected chi connectivity index (χ2v) is 7.16. The van der Waals surface area contributed by atoms with Gasteiger partial charge in [0, 0.05) is 22.8 Å². The van der Waals surface area contributed by atoms with Crippen LogP contribution >= 0.6 is 0 Å². The van der Waals surface area contributed by atoms with E-state index in [9.17, 15) is 14.5 Å². The molecule has 5 rings (SSSR count). The monoisotopic (exact) mass is 364 g/mol. The van der Waals surface area contributed by atoms with Gasteiger partial charge in [-0.1, -0.05) is 0 Å². The highest BCUT2D eigenvalue weighted by molar-refractivity contribution is 6.07. The zero-order chi connectivity index (χ0) is 18.5. The van der Waals surface area contributed by atoms with Crippen molar-refractivity contribution in [1.82, 2.24) is 15.2 Å². The minimum absolute atomic E-state index is 0.277. The van der Waals surface area contributed by atoms with E-state index in [4.69, 9.17) is 4.98 Å². The van der Waals surface area contributed by atoms with Crippen molar-refractivity contribution in [2.24, 2.45) is 0 Å². The Balaban J connectivity index is 1.76. The third-order valence-corrected chi connectivity index (χ3v) is 5.62. The van der Waals surface area contributed by atoms with Crippen LogP contribution in [0.4, 0.5) is 4.39 Å². The van der Waals surface area contributed by atoms with Gasteiger partial charge in [-0.2, -0.15) is 9.49 Å². The lowest BCUT2D eigenvalue weighted by Gasteiger charge is -2.25. The number of aromatic amines is 1. The van der Waals surface area contributed by atoms with Crippen LogP contribution in [0.1, 0.15) is 42.0 Å². The molecular formula is C20H17FN4O2. The molecule has 0 bridgehead atoms. The van der Waals surface area contributed by atoms with Crippen LogP contribution in [0, 0.1) is 10.1 Å². The highest BCUT2D eigenvalue weighted by atomic mass is 19.1. The number of aromatic nitrogens is 3. The van der Waals surface area contributed by atoms with Gasteiger partial charge in [0.15, 0.2) is 5.83 Å². The normalized spacial score (nSPS) is 19.7. The first-order chi connectivity index (χ1) is 13.1. The van der Waals surface area contributed by atoms with Gasteiger partial charge in [-0.3, -0.25) is 20.2 Å². The number of hydrogen-bond acceptors (Lipinski definition) is 4. The van der Waals surface area contributed by atoms with E-state index < -0.39 is 16.4 Å². The van der Waals surface area contributed by atoms with Crippen LogP contribution in [0.3, 0.4) is 0 Å². The van der Waals surface area contributed by atoms with E-state index in [2.05, 4.69) is 10.2 Å². The van der Waals surface area contributed by atoms with Gasteiger partial charge in [-0.25, -0.2) is 0 Å². The molecule has 2 aliphatic carbocycles. The third-order valence-electron chi connectivity index (χ3n) is 5.62. The lowest BCUT2D eigenvalue weighted by molar-refractivity contribution is -0.423. The van der Waals surface area contributed by atoms with Gasteiger partial charge < -0.3 is 0 Å². The van der Waals surface area contributed by atoms with E-state index in [0.717, 1.165) is 53.2 Å². The molecule has 0 aliphatic heterocycles. The van der Waals surface area contributed by atoms with Crippen molar-refractivity contribution >= 4 is 21.8 Å². The van der Waals surface area contributed by atoms with E-state index in [1.54, 1.807) is 0 Å². The highest BCUT2D eigenvalue weighted by Gasteiger charge is 2.29. The van der Waals surface area contributed by atoms with Gasteiger partial charge in [0.05, 0.1) is 27.8 Å². The molecule has 6 nitrogen and oxygen atoms in total. The van der Waals surface area contributed by atoms with E-state index in [1.807, 2.05) is 18.3 Å². The van der Waals surface area contributed by atoms with Crippen LogP contribution in [0.15, 0.2) is 42.0 Å². The van der Waals surface area contributed by atoms with Gasteiger partial charge in [0.25, 0.3) is 0 Å². The number of fused-ring (bicyclic) bond motifs is 5. The predicted octanol–water partition coefficient (Wildman–Crippen LogP) is 4.49. The number of allylic oxidation sites excluding steroid dienone is 3. The molecule has 0 fully saturated rings. The second kappa shape index (κ2) is 5.97. The van der Waals surface area contributed by atoms with E-state index in [1.165, 1.54) is 23.3 Å². The molecule has 1 aromatic carbocycles. The molecule has 0 saturated heterocycles. The standard InChI is InChI=1S/C20H17FN4O2/c21-15-6-5-11(9-18(15)25(26)27)20-13-4-2-1-3-12(13)19-14-10-22-24-16(14)7-8-17(19)23-20/h6-11H,1-5H2,(H,22,24). The van der Waals surface area contributed by atoms with Crippen LogP contribution in [-0.4, -0.2) is 20.1 Å². The zero-order valence-electron chi connectivity index (χ0n) is 14.5. The fourth-order valence-corrected chi connectivity index (χ4v) is 4.40. The summed E-state index contributed by atoms with van der Waals surface area (Å²) in [6, 6.07) is 3.92. The van der Waals surface area contributed by atoms with Crippen molar-refractivity contribution in [3.05, 3.63) is 68.9 Å². The summed E-state index contributed by atoms with van der Waals surface area (Å²) in [6.45, 7) is 0. The molecule has 0 radical (unpaired) electrons. The van der Waals surface area contributed by atoms with Crippen molar-refractivity contribution < 1.29 is 9.31 Å². The van der Waals surface area contributed by atoms with Gasteiger partial charge >= 0.3 is 5.70 Å². The van der Waals surface area contributed by atoms with Crippen molar-refractivity contribution in [1.29, 1.82) is 0 Å². The molecule has 0 spiro atoms. The third kappa shape index (κ3) is 2.45. The molecule has 27 heavy (non-hydrogen) atoms. The fraction of sp³-hybridized carbons (Fsp3) is 0.300. The largest absolute Gasteiger partial charge is 0.301 e. The number of hydrogen-bond donors (Lipinski definition) is 1. The number of benzene rings is 1. The van der Waals surface area contributed by atoms with Crippen molar-refractivity contribution in [3.63, 3.8) is 0 Å². The number of halogens is 1. The maximum atomic E-state index is 13.8. The lowest BCUT2D eigenvalue weighted by atomic mass is 9.82. The average molecular weight is 364 g/mol. The smallest absolute Gasteiger partial charge is 0.278 e. The van der Waals surface area contributed by atoms with E-state index in [-0.39, 0.29) is 5.92 Å². The Labute approximate surface area is 153 Å². The highest BCUT2D eigenvalue weighted by Crippen LogP contribution is 2.39. The van der Waals surface area contributed by atoms with Crippen LogP contribution < -0.4 is 0 Å². The topological polar surface area (TPSA) is 84.7 Å². The summed E-state index contributed by atoms with van der Waals surface area (Å²) < 4.78 is 13.8. The Morgan fingerprint density at radius 3 is 2.85 bits per heavy atom. The summed E-state index contributed by atoms with van der Waals surface area (Å²) in [4.78, 5) is 15.4. The molecule has 2 aromatic heterocycles. The average Bonchev–Trinajstić information content (AvgIpc) is 3.16. The summed E-state index contributed by atoms with van der Waals surface area (Å²) in [5.74, 6) is -1.03. The summed E-state index contributed by atoms with van der Waals surface area (Å²) in [5, 5.41) is 20.5. The first-order valence-corrected chi connectivity index (χ1v) is 9.13. The molecule has 2 heterocycles. The SMILES string of the molecule is O=[N+]([O-])C1=CC(c2nc3ccc4[nH]ncc4c3c3c2CCCC3)CC=C1F. The van der Waals surface area contributed by atoms with Gasteiger partial charge in [0.2, 0.25) is 0 Å². The predicted molar refractivity (Wildman–Crippen MR) is 99.7 cm³/mol. The first-order valence-electron chi connectivity index (χ1n) is 9.13. The van der Waals surface area contributed by atoms with Crippen LogP contribution in [0.25, 0.3) is 21.8 Å². The molecule has 136 valence electrons. The Morgan fingerprint density at radius 2 is 2.04 bits per heavy atom. The second-order valence-electron chi connectivity index (χ2n) is 7.16. The quantitative estimate of drug-likeness (QED) is 0.536. The first kappa shape index (κ1) is 16.1. The Morgan fingerprint density at radius 1 is 1.22 bits per heavy atom. The fourth-order valence-electron chi connectivity index (χ4n) is 4.40. The Kier molecular flexibility index (Phi) is 3.56. The number of H-pyrrole nitrogens is 1. The van der Waals surface area contributed by atoms with Crippen LogP contribution in [-0.2, 0) is 12.8 Å². The molecule has 1 atom stereocenters. The number of nitro groups is 1. The number of pyridine rings is 1. The minimum Gasteiger partial charge on any atom is -0.278 e. The van der Waals surface area contributed by atoms with Crippen molar-refractivity contribution in [2.45, 2.75) is 38.0 Å². The molecular weight excluding hydrogens is 347 g/mol. The molecule has 0 amide bonds. The zero-order valence-corrected chi connectivity index (χ0v) is 14.5. The number of aryl methyl sites for hydroxylation is 1. The van der Waals surface area contributed by atoms with Gasteiger partial charge in [-0.15, -0.1) is 0 Å². The molecule has 7 heteroatoms. The summed E-state index contributed by atoms with van der Waals surface area (Å²) in [5.41, 5.74) is 4.67. The summed E-state index contributed by atoms with van der Waals surface area (Å²) in [7, 11) is 0. The van der Waals surface area contributed by atoms with Gasteiger partial charge in [-0.05, 0) is 61.4 Å². The van der Waals surface area contributed by atoms with Gasteiger partial charge in [0.1, 0.15) is 0 Å². The minimum atomic E-state index is -0.758. The molecule has 1 unspecified atom stereocenters. The molecule has 2 aliphatic rings. The number of nitrogens with zero attached hydrogens (tertiary/aromatic N) is 3. The summed E-state index contributed by atoms with van der Waals surface area (Å²) >= 11 is 0.